The predicted molar refractivity (Wildman–Crippen MR) is 203 cm³/mol. The Kier molecular flexibility index (Phi) is 33.4. The molecule has 0 aliphatic heterocycles. The topological polar surface area (TPSA) is 92.7 Å². The first-order valence-electron chi connectivity index (χ1n) is 18.4. The van der Waals surface area contributed by atoms with Crippen molar-refractivity contribution >= 4 is 17.8 Å². The lowest BCUT2D eigenvalue weighted by atomic mass is 10.1. The van der Waals surface area contributed by atoms with Crippen LogP contribution in [0.15, 0.2) is 97.2 Å². The fourth-order valence-electron chi connectivity index (χ4n) is 4.59. The quantitative estimate of drug-likeness (QED) is 0.0437. The van der Waals surface area contributed by atoms with E-state index in [0.29, 0.717) is 12.8 Å². The van der Waals surface area contributed by atoms with Crippen LogP contribution in [0.4, 0.5) is 0 Å². The van der Waals surface area contributed by atoms with Crippen LogP contribution in [0.5, 0.6) is 0 Å². The van der Waals surface area contributed by atoms with Crippen LogP contribution in [0.3, 0.4) is 0 Å². The molecular weight excluding hydrogens is 598 g/mol. The summed E-state index contributed by atoms with van der Waals surface area (Å²) in [5, 5.41) is 11.0. The molecule has 0 fully saturated rings. The molecule has 268 valence electrons. The van der Waals surface area contributed by atoms with Crippen molar-refractivity contribution in [2.75, 3.05) is 6.54 Å². The van der Waals surface area contributed by atoms with Gasteiger partial charge < -0.3 is 15.2 Å². The van der Waals surface area contributed by atoms with Gasteiger partial charge in [0.25, 0.3) is 0 Å². The van der Waals surface area contributed by atoms with Crippen molar-refractivity contribution in [2.24, 2.45) is 0 Å². The fourth-order valence-corrected chi connectivity index (χ4v) is 4.59. The molecular formula is C42H65NO5. The maximum absolute atomic E-state index is 12.6. The molecule has 0 bridgehead atoms. The number of hydrogen-bond donors (Lipinski definition) is 2. The standard InChI is InChI=1S/C42H65NO5/c1-3-5-7-9-11-13-15-16-17-18-20-22-24-29-33-37-42(47)48-39(34-30-26-23-21-19-14-12-10-8-6-4-2)35-31-27-25-28-32-36-40(44)43-38-41(45)46/h5-8,11-14,16-17,20-23,30,34,39H,3-4,9-10,15,18-19,24-29,31-33,35-38H2,1-2H3,(H,43,44)(H,45,46)/b7-5-,8-6-,13-11-,14-12-,17-16-,22-20-,23-21-,34-30-. The number of unbranched alkanes of at least 4 members (excludes halogenated alkanes) is 6. The minimum atomic E-state index is -1.03. The van der Waals surface area contributed by atoms with E-state index < -0.39 is 5.97 Å². The maximum Gasteiger partial charge on any atom is 0.322 e. The summed E-state index contributed by atoms with van der Waals surface area (Å²) in [4.78, 5) is 34.8. The Labute approximate surface area is 292 Å². The third-order valence-electron chi connectivity index (χ3n) is 7.24. The number of allylic oxidation sites excluding steroid dienone is 15. The van der Waals surface area contributed by atoms with E-state index in [1.165, 1.54) is 0 Å². The van der Waals surface area contributed by atoms with Crippen LogP contribution in [-0.2, 0) is 19.1 Å². The molecule has 0 aromatic carbocycles. The van der Waals surface area contributed by atoms with Gasteiger partial charge in [-0.2, -0.15) is 0 Å². The number of hydrogen-bond acceptors (Lipinski definition) is 4. The highest BCUT2D eigenvalue weighted by molar-refractivity contribution is 5.80. The van der Waals surface area contributed by atoms with Crippen LogP contribution in [0.25, 0.3) is 0 Å². The second-order valence-electron chi connectivity index (χ2n) is 11.7. The number of carboxylic acid groups (broad SMARTS) is 1. The van der Waals surface area contributed by atoms with E-state index in [1.54, 1.807) is 0 Å². The lowest BCUT2D eigenvalue weighted by Gasteiger charge is -2.14. The highest BCUT2D eigenvalue weighted by Crippen LogP contribution is 2.14. The molecule has 0 aliphatic rings. The van der Waals surface area contributed by atoms with Gasteiger partial charge in [-0.3, -0.25) is 14.4 Å². The summed E-state index contributed by atoms with van der Waals surface area (Å²) in [7, 11) is 0. The summed E-state index contributed by atoms with van der Waals surface area (Å²) in [6.45, 7) is 3.95. The number of ether oxygens (including phenoxy) is 1. The van der Waals surface area contributed by atoms with E-state index in [0.717, 1.165) is 109 Å². The Bertz CT molecular complexity index is 1040. The first kappa shape index (κ1) is 44.3. The minimum absolute atomic E-state index is 0.139. The summed E-state index contributed by atoms with van der Waals surface area (Å²) in [6, 6.07) is 0. The highest BCUT2D eigenvalue weighted by Gasteiger charge is 2.11. The monoisotopic (exact) mass is 663 g/mol. The number of carboxylic acids is 1. The molecule has 0 heterocycles. The molecule has 0 aliphatic carbocycles. The van der Waals surface area contributed by atoms with Gasteiger partial charge in [0.2, 0.25) is 5.91 Å². The number of nitrogens with one attached hydrogen (secondary N) is 1. The summed E-state index contributed by atoms with van der Waals surface area (Å²) < 4.78 is 5.86. The Hall–Kier alpha value is -3.67. The Morgan fingerprint density at radius 1 is 0.562 bits per heavy atom. The van der Waals surface area contributed by atoms with Gasteiger partial charge >= 0.3 is 11.9 Å². The molecule has 1 unspecified atom stereocenters. The highest BCUT2D eigenvalue weighted by atomic mass is 16.5. The minimum Gasteiger partial charge on any atom is -0.480 e. The molecule has 0 aromatic heterocycles. The second-order valence-corrected chi connectivity index (χ2v) is 11.7. The van der Waals surface area contributed by atoms with Crippen LogP contribution >= 0.6 is 0 Å². The second kappa shape index (κ2) is 36.2. The number of carbonyl (C=O) groups excluding carboxylic acids is 2. The Morgan fingerprint density at radius 3 is 1.56 bits per heavy atom. The van der Waals surface area contributed by atoms with Gasteiger partial charge in [0.1, 0.15) is 12.6 Å². The van der Waals surface area contributed by atoms with E-state index in [-0.39, 0.29) is 24.5 Å². The predicted octanol–water partition coefficient (Wildman–Crippen LogP) is 11.0. The van der Waals surface area contributed by atoms with Crippen LogP contribution in [-0.4, -0.2) is 35.6 Å². The van der Waals surface area contributed by atoms with E-state index >= 15 is 0 Å². The van der Waals surface area contributed by atoms with Crippen LogP contribution in [0.1, 0.15) is 136 Å². The average molecular weight is 664 g/mol. The smallest absolute Gasteiger partial charge is 0.322 e. The van der Waals surface area contributed by atoms with Crippen molar-refractivity contribution in [1.82, 2.24) is 5.32 Å². The molecule has 6 heteroatoms. The largest absolute Gasteiger partial charge is 0.480 e. The molecule has 1 amide bonds. The zero-order valence-corrected chi connectivity index (χ0v) is 30.0. The number of esters is 1. The third-order valence-corrected chi connectivity index (χ3v) is 7.24. The number of amides is 1. The molecule has 0 saturated heterocycles. The lowest BCUT2D eigenvalue weighted by molar-refractivity contribution is -0.147. The third kappa shape index (κ3) is 35.2. The Balaban J connectivity index is 4.45. The van der Waals surface area contributed by atoms with Gasteiger partial charge in [-0.05, 0) is 96.0 Å². The van der Waals surface area contributed by atoms with Gasteiger partial charge in [0.15, 0.2) is 0 Å². The van der Waals surface area contributed by atoms with Gasteiger partial charge in [-0.15, -0.1) is 0 Å². The summed E-state index contributed by atoms with van der Waals surface area (Å²) >= 11 is 0. The molecule has 0 saturated carbocycles. The molecule has 2 N–H and O–H groups in total. The summed E-state index contributed by atoms with van der Waals surface area (Å²) in [5.41, 5.74) is 0. The molecule has 1 atom stereocenters. The molecule has 48 heavy (non-hydrogen) atoms. The van der Waals surface area contributed by atoms with Gasteiger partial charge in [0, 0.05) is 12.8 Å². The van der Waals surface area contributed by atoms with Crippen molar-refractivity contribution in [2.45, 2.75) is 142 Å². The average Bonchev–Trinajstić information content (AvgIpc) is 3.07. The first-order valence-corrected chi connectivity index (χ1v) is 18.4. The number of carbonyl (C=O) groups is 3. The van der Waals surface area contributed by atoms with Crippen molar-refractivity contribution in [3.63, 3.8) is 0 Å². The first-order chi connectivity index (χ1) is 23.5. The van der Waals surface area contributed by atoms with Crippen molar-refractivity contribution in [3.8, 4) is 0 Å². The lowest BCUT2D eigenvalue weighted by Crippen LogP contribution is -2.28. The summed E-state index contributed by atoms with van der Waals surface area (Å²) in [6.07, 6.45) is 51.1. The van der Waals surface area contributed by atoms with Gasteiger partial charge in [-0.25, -0.2) is 0 Å². The molecule has 6 nitrogen and oxygen atoms in total. The Morgan fingerprint density at radius 2 is 1.02 bits per heavy atom. The number of aliphatic carboxylic acids is 1. The molecule has 0 rings (SSSR count). The van der Waals surface area contributed by atoms with Crippen molar-refractivity contribution in [3.05, 3.63) is 97.2 Å². The van der Waals surface area contributed by atoms with Crippen LogP contribution in [0.2, 0.25) is 0 Å². The normalized spacial score (nSPS) is 13.2. The van der Waals surface area contributed by atoms with Gasteiger partial charge in [0.05, 0.1) is 0 Å². The summed E-state index contributed by atoms with van der Waals surface area (Å²) in [5.74, 6) is -1.39. The SMILES string of the molecule is CC/C=C\C/C=C\C/C=C\C/C=C\CCCCC(=O)OC(/C=C\C/C=C\C/C=C\C/C=C\CC)CCCCCCCC(=O)NCC(=O)O. The maximum atomic E-state index is 12.6. The van der Waals surface area contributed by atoms with Crippen LogP contribution in [0, 0.1) is 0 Å². The van der Waals surface area contributed by atoms with Crippen LogP contribution < -0.4 is 5.32 Å². The number of rotatable bonds is 31. The zero-order chi connectivity index (χ0) is 35.2. The molecule has 0 radical (unpaired) electrons. The van der Waals surface area contributed by atoms with Crippen molar-refractivity contribution < 1.29 is 24.2 Å². The van der Waals surface area contributed by atoms with Crippen molar-refractivity contribution in [1.29, 1.82) is 0 Å². The van der Waals surface area contributed by atoms with E-state index in [4.69, 9.17) is 9.84 Å². The zero-order valence-electron chi connectivity index (χ0n) is 30.0. The molecule has 0 spiro atoms. The van der Waals surface area contributed by atoms with E-state index in [9.17, 15) is 14.4 Å². The van der Waals surface area contributed by atoms with E-state index in [2.05, 4.69) is 110 Å². The molecule has 0 aromatic rings. The van der Waals surface area contributed by atoms with E-state index in [1.807, 2.05) is 6.08 Å². The van der Waals surface area contributed by atoms with Gasteiger partial charge in [-0.1, -0.05) is 124 Å². The fraction of sp³-hybridized carbons (Fsp3) is 0.548.